The number of rotatable bonds is 3. The van der Waals surface area contributed by atoms with Gasteiger partial charge in [-0.3, -0.25) is 4.79 Å². The molecule has 1 saturated carbocycles. The first-order chi connectivity index (χ1) is 11.1. The number of hydrogen-bond acceptors (Lipinski definition) is 2. The van der Waals surface area contributed by atoms with E-state index in [0.717, 1.165) is 38.5 Å². The molecular formula is C21H32O3. The van der Waals surface area contributed by atoms with E-state index in [0.29, 0.717) is 5.92 Å². The van der Waals surface area contributed by atoms with Crippen LogP contribution < -0.4 is 0 Å². The predicted octanol–water partition coefficient (Wildman–Crippen LogP) is 4.98. The second-order valence-corrected chi connectivity index (χ2v) is 9.05. The first kappa shape index (κ1) is 17.7. The van der Waals surface area contributed by atoms with Gasteiger partial charge in [-0.1, -0.05) is 25.5 Å². The van der Waals surface area contributed by atoms with Crippen molar-refractivity contribution in [2.45, 2.75) is 71.8 Å². The second-order valence-electron chi connectivity index (χ2n) is 9.05. The largest absolute Gasteiger partial charge is 0.481 e. The Labute approximate surface area is 146 Å². The minimum atomic E-state index is -0.608. The first-order valence-corrected chi connectivity index (χ1v) is 9.35. The maximum Gasteiger partial charge on any atom is 0.309 e. The Kier molecular flexibility index (Phi) is 4.23. The zero-order valence-corrected chi connectivity index (χ0v) is 15.8. The number of carboxylic acid groups (broad SMARTS) is 1. The van der Waals surface area contributed by atoms with E-state index >= 15 is 0 Å². The average molecular weight is 332 g/mol. The molecule has 0 aromatic carbocycles. The number of fused-ring (bicyclic) bond motifs is 3. The second kappa shape index (κ2) is 5.72. The summed E-state index contributed by atoms with van der Waals surface area (Å²) in [4.78, 5) is 12.0. The fourth-order valence-electron chi connectivity index (χ4n) is 5.73. The van der Waals surface area contributed by atoms with Gasteiger partial charge in [-0.25, -0.2) is 0 Å². The summed E-state index contributed by atoms with van der Waals surface area (Å²) in [6.07, 6.45) is 10.7. The van der Waals surface area contributed by atoms with Gasteiger partial charge in [0.2, 0.25) is 0 Å². The van der Waals surface area contributed by atoms with Gasteiger partial charge in [-0.2, -0.15) is 0 Å². The molecule has 0 radical (unpaired) electrons. The van der Waals surface area contributed by atoms with Gasteiger partial charge in [-0.05, 0) is 81.3 Å². The Morgan fingerprint density at radius 1 is 1.33 bits per heavy atom. The van der Waals surface area contributed by atoms with Gasteiger partial charge >= 0.3 is 5.97 Å². The van der Waals surface area contributed by atoms with E-state index in [2.05, 4.69) is 32.9 Å². The van der Waals surface area contributed by atoms with E-state index in [-0.39, 0.29) is 16.9 Å². The number of carboxylic acids is 1. The highest BCUT2D eigenvalue weighted by Gasteiger charge is 2.57. The minimum Gasteiger partial charge on any atom is -0.481 e. The summed E-state index contributed by atoms with van der Waals surface area (Å²) in [6.45, 7) is 8.61. The monoisotopic (exact) mass is 332 g/mol. The quantitative estimate of drug-likeness (QED) is 0.793. The molecule has 0 aromatic rings. The molecule has 4 atom stereocenters. The van der Waals surface area contributed by atoms with Gasteiger partial charge in [0.25, 0.3) is 0 Å². The summed E-state index contributed by atoms with van der Waals surface area (Å²) in [6, 6.07) is 0. The van der Waals surface area contributed by atoms with E-state index in [9.17, 15) is 9.90 Å². The lowest BCUT2D eigenvalue weighted by atomic mass is 9.47. The van der Waals surface area contributed by atoms with Crippen LogP contribution in [0.5, 0.6) is 0 Å². The topological polar surface area (TPSA) is 46.5 Å². The van der Waals surface area contributed by atoms with Crippen molar-refractivity contribution in [2.24, 2.45) is 22.7 Å². The van der Waals surface area contributed by atoms with E-state index < -0.39 is 11.4 Å². The summed E-state index contributed by atoms with van der Waals surface area (Å²) in [7, 11) is 1.78. The summed E-state index contributed by atoms with van der Waals surface area (Å²) in [5.41, 5.74) is 2.10. The molecule has 0 aliphatic heterocycles. The van der Waals surface area contributed by atoms with Crippen LogP contribution in [0.25, 0.3) is 0 Å². The smallest absolute Gasteiger partial charge is 0.309 e. The summed E-state index contributed by atoms with van der Waals surface area (Å²) < 4.78 is 5.68. The minimum absolute atomic E-state index is 0.106. The van der Waals surface area contributed by atoms with Gasteiger partial charge in [0.1, 0.15) is 0 Å². The van der Waals surface area contributed by atoms with Crippen molar-refractivity contribution in [2.75, 3.05) is 7.11 Å². The van der Waals surface area contributed by atoms with Crippen molar-refractivity contribution < 1.29 is 14.6 Å². The van der Waals surface area contributed by atoms with E-state index in [4.69, 9.17) is 4.74 Å². The van der Waals surface area contributed by atoms with Gasteiger partial charge in [0.15, 0.2) is 0 Å². The first-order valence-electron chi connectivity index (χ1n) is 9.35. The zero-order valence-electron chi connectivity index (χ0n) is 15.8. The predicted molar refractivity (Wildman–Crippen MR) is 95.8 cm³/mol. The molecular weight excluding hydrogens is 300 g/mol. The Balaban J connectivity index is 1.99. The molecule has 3 aliphatic rings. The lowest BCUT2D eigenvalue weighted by molar-refractivity contribution is -0.162. The Morgan fingerprint density at radius 2 is 2.04 bits per heavy atom. The Bertz CT molecular complexity index is 600. The SMILES string of the molecule is COC(C)(C)C1=CC2=CC[C@@H]3[C@](C)(CCC[C@@]3(C)C(=O)O)[C@H]2CC1. The lowest BCUT2D eigenvalue weighted by Crippen LogP contribution is -2.53. The molecule has 134 valence electrons. The maximum atomic E-state index is 12.0. The fraction of sp³-hybridized carbons (Fsp3) is 0.762. The zero-order chi connectivity index (χ0) is 17.8. The molecule has 0 saturated heterocycles. The molecule has 3 nitrogen and oxygen atoms in total. The summed E-state index contributed by atoms with van der Waals surface area (Å²) >= 11 is 0. The molecule has 3 aliphatic carbocycles. The van der Waals surface area contributed by atoms with Crippen LogP contribution in [-0.4, -0.2) is 23.8 Å². The van der Waals surface area contributed by atoms with Crippen molar-refractivity contribution in [3.8, 4) is 0 Å². The van der Waals surface area contributed by atoms with Crippen LogP contribution in [0.4, 0.5) is 0 Å². The van der Waals surface area contributed by atoms with Crippen LogP contribution in [0, 0.1) is 22.7 Å². The van der Waals surface area contributed by atoms with Crippen LogP contribution in [0.15, 0.2) is 23.3 Å². The molecule has 0 spiro atoms. The van der Waals surface area contributed by atoms with Gasteiger partial charge in [0, 0.05) is 7.11 Å². The summed E-state index contributed by atoms with van der Waals surface area (Å²) in [5, 5.41) is 9.88. The van der Waals surface area contributed by atoms with Crippen LogP contribution in [0.2, 0.25) is 0 Å². The van der Waals surface area contributed by atoms with Crippen LogP contribution >= 0.6 is 0 Å². The highest BCUT2D eigenvalue weighted by atomic mass is 16.5. The lowest BCUT2D eigenvalue weighted by Gasteiger charge is -2.57. The summed E-state index contributed by atoms with van der Waals surface area (Å²) in [5.74, 6) is 0.129. The normalized spacial score (nSPS) is 39.4. The molecule has 1 fully saturated rings. The van der Waals surface area contributed by atoms with E-state index in [1.807, 2.05) is 6.92 Å². The maximum absolute atomic E-state index is 12.0. The average Bonchev–Trinajstić information content (AvgIpc) is 2.54. The molecule has 0 unspecified atom stereocenters. The highest BCUT2D eigenvalue weighted by molar-refractivity contribution is 5.75. The third-order valence-corrected chi connectivity index (χ3v) is 7.58. The molecule has 0 amide bonds. The van der Waals surface area contributed by atoms with Crippen molar-refractivity contribution in [1.29, 1.82) is 0 Å². The molecule has 0 bridgehead atoms. The third-order valence-electron chi connectivity index (χ3n) is 7.58. The van der Waals surface area contributed by atoms with Crippen molar-refractivity contribution in [3.05, 3.63) is 23.3 Å². The van der Waals surface area contributed by atoms with Gasteiger partial charge in [0.05, 0.1) is 11.0 Å². The molecule has 3 heteroatoms. The van der Waals surface area contributed by atoms with E-state index in [1.165, 1.54) is 11.1 Å². The molecule has 0 aromatic heterocycles. The Morgan fingerprint density at radius 3 is 2.67 bits per heavy atom. The standard InChI is InChI=1S/C21H32O3/c1-19(2,24-5)15-8-9-16-14(13-15)7-10-17-20(16,3)11-6-12-21(17,4)18(22)23/h7,13,16-17H,6,8-12H2,1-5H3,(H,22,23)/t16-,17+,20+,21+/m0/s1. The van der Waals surface area contributed by atoms with Crippen LogP contribution in [0.1, 0.15) is 66.2 Å². The van der Waals surface area contributed by atoms with E-state index in [1.54, 1.807) is 7.11 Å². The number of hydrogen-bond donors (Lipinski definition) is 1. The van der Waals surface area contributed by atoms with Gasteiger partial charge in [-0.15, -0.1) is 0 Å². The number of methoxy groups -OCH3 is 1. The van der Waals surface area contributed by atoms with Crippen molar-refractivity contribution in [1.82, 2.24) is 0 Å². The van der Waals surface area contributed by atoms with Crippen LogP contribution in [-0.2, 0) is 9.53 Å². The number of ether oxygens (including phenoxy) is 1. The third kappa shape index (κ3) is 2.47. The van der Waals surface area contributed by atoms with Crippen molar-refractivity contribution in [3.63, 3.8) is 0 Å². The Hall–Kier alpha value is -1.09. The molecule has 1 N–H and O–H groups in total. The van der Waals surface area contributed by atoms with Crippen LogP contribution in [0.3, 0.4) is 0 Å². The van der Waals surface area contributed by atoms with Crippen molar-refractivity contribution >= 4 is 5.97 Å². The molecule has 3 rings (SSSR count). The molecule has 24 heavy (non-hydrogen) atoms. The highest BCUT2D eigenvalue weighted by Crippen LogP contribution is 2.62. The number of allylic oxidation sites excluding steroid dienone is 3. The van der Waals surface area contributed by atoms with Gasteiger partial charge < -0.3 is 9.84 Å². The number of carbonyl (C=O) groups is 1. The number of aliphatic carboxylic acids is 1. The fourth-order valence-corrected chi connectivity index (χ4v) is 5.73. The molecule has 0 heterocycles.